The number of carbonyl (C=O) groups excluding carboxylic acids is 1. The van der Waals surface area contributed by atoms with Crippen LogP contribution in [0.4, 0.5) is 11.4 Å². The topological polar surface area (TPSA) is 63.1 Å². The zero-order valence-corrected chi connectivity index (χ0v) is 11.9. The van der Waals surface area contributed by atoms with Crippen LogP contribution < -0.4 is 10.2 Å². The molecule has 21 heavy (non-hydrogen) atoms. The second kappa shape index (κ2) is 6.39. The summed E-state index contributed by atoms with van der Waals surface area (Å²) in [5.41, 5.74) is 1.97. The summed E-state index contributed by atoms with van der Waals surface area (Å²) in [5, 5.41) is 6.92. The van der Waals surface area contributed by atoms with Crippen molar-refractivity contribution in [2.24, 2.45) is 0 Å². The van der Waals surface area contributed by atoms with Crippen LogP contribution in [-0.4, -0.2) is 33.8 Å². The van der Waals surface area contributed by atoms with Gasteiger partial charge >= 0.3 is 0 Å². The molecule has 1 saturated heterocycles. The number of nitrogens with zero attached hydrogens (tertiary/aromatic N) is 4. The Kier molecular flexibility index (Phi) is 4.14. The zero-order valence-electron chi connectivity index (χ0n) is 11.9. The number of para-hydroxylation sites is 2. The molecule has 0 unspecified atom stereocenters. The quantitative estimate of drug-likeness (QED) is 0.932. The molecule has 0 saturated carbocycles. The van der Waals surface area contributed by atoms with E-state index < -0.39 is 0 Å². The van der Waals surface area contributed by atoms with E-state index >= 15 is 0 Å². The molecule has 0 radical (unpaired) electrons. The second-order valence-electron chi connectivity index (χ2n) is 5.21. The summed E-state index contributed by atoms with van der Waals surface area (Å²) in [6.07, 6.45) is 6.67. The molecule has 1 aromatic carbocycles. The first-order valence-electron chi connectivity index (χ1n) is 7.29. The van der Waals surface area contributed by atoms with Crippen LogP contribution in [0.2, 0.25) is 0 Å². The first-order valence-corrected chi connectivity index (χ1v) is 7.29. The summed E-state index contributed by atoms with van der Waals surface area (Å²) in [6.45, 7) is 2.28. The highest BCUT2D eigenvalue weighted by Gasteiger charge is 2.15. The van der Waals surface area contributed by atoms with E-state index in [0.29, 0.717) is 0 Å². The fourth-order valence-corrected chi connectivity index (χ4v) is 2.64. The molecule has 110 valence electrons. The minimum atomic E-state index is -0.0926. The van der Waals surface area contributed by atoms with Crippen molar-refractivity contribution in [1.82, 2.24) is 14.8 Å². The van der Waals surface area contributed by atoms with Gasteiger partial charge in [-0.1, -0.05) is 12.1 Å². The van der Waals surface area contributed by atoms with E-state index in [1.807, 2.05) is 18.2 Å². The Hall–Kier alpha value is -2.37. The van der Waals surface area contributed by atoms with Gasteiger partial charge < -0.3 is 10.2 Å². The van der Waals surface area contributed by atoms with Crippen LogP contribution in [0, 0.1) is 0 Å². The van der Waals surface area contributed by atoms with Crippen molar-refractivity contribution < 1.29 is 4.79 Å². The lowest BCUT2D eigenvalue weighted by Gasteiger charge is -2.30. The molecular weight excluding hydrogens is 266 g/mol. The molecule has 1 fully saturated rings. The molecule has 1 aliphatic heterocycles. The van der Waals surface area contributed by atoms with E-state index in [9.17, 15) is 4.79 Å². The van der Waals surface area contributed by atoms with Gasteiger partial charge in [-0.2, -0.15) is 5.10 Å². The SMILES string of the molecule is O=C(Cn1cncn1)Nc1ccccc1N1CCCCC1. The number of amides is 1. The molecule has 0 bridgehead atoms. The lowest BCUT2D eigenvalue weighted by molar-refractivity contribution is -0.116. The van der Waals surface area contributed by atoms with E-state index in [-0.39, 0.29) is 12.5 Å². The highest BCUT2D eigenvalue weighted by atomic mass is 16.2. The Morgan fingerprint density at radius 2 is 2.00 bits per heavy atom. The van der Waals surface area contributed by atoms with Crippen molar-refractivity contribution in [3.05, 3.63) is 36.9 Å². The van der Waals surface area contributed by atoms with Crippen molar-refractivity contribution in [3.63, 3.8) is 0 Å². The average Bonchev–Trinajstić information content (AvgIpc) is 3.01. The highest BCUT2D eigenvalue weighted by molar-refractivity contribution is 5.94. The van der Waals surface area contributed by atoms with Crippen molar-refractivity contribution >= 4 is 17.3 Å². The van der Waals surface area contributed by atoms with Crippen LogP contribution >= 0.6 is 0 Å². The van der Waals surface area contributed by atoms with Gasteiger partial charge in [-0.3, -0.25) is 4.79 Å². The van der Waals surface area contributed by atoms with E-state index in [4.69, 9.17) is 0 Å². The normalized spacial score (nSPS) is 15.0. The van der Waals surface area contributed by atoms with Gasteiger partial charge in [0.2, 0.25) is 5.91 Å². The highest BCUT2D eigenvalue weighted by Crippen LogP contribution is 2.28. The van der Waals surface area contributed by atoms with E-state index in [1.54, 1.807) is 0 Å². The molecule has 1 aromatic heterocycles. The fraction of sp³-hybridized carbons (Fsp3) is 0.400. The number of hydrogen-bond acceptors (Lipinski definition) is 4. The van der Waals surface area contributed by atoms with Gasteiger partial charge in [0.25, 0.3) is 0 Å². The number of aromatic nitrogens is 3. The van der Waals surface area contributed by atoms with Crippen molar-refractivity contribution in [2.45, 2.75) is 25.8 Å². The predicted molar refractivity (Wildman–Crippen MR) is 81.2 cm³/mol. The number of benzene rings is 1. The van der Waals surface area contributed by atoms with Crippen LogP contribution in [-0.2, 0) is 11.3 Å². The fourth-order valence-electron chi connectivity index (χ4n) is 2.64. The smallest absolute Gasteiger partial charge is 0.246 e. The minimum absolute atomic E-state index is 0.0926. The van der Waals surface area contributed by atoms with Gasteiger partial charge in [-0.25, -0.2) is 9.67 Å². The molecule has 3 rings (SSSR count). The molecule has 1 aliphatic rings. The lowest BCUT2D eigenvalue weighted by atomic mass is 10.1. The Labute approximate surface area is 123 Å². The Balaban J connectivity index is 1.71. The molecule has 1 N–H and O–H groups in total. The van der Waals surface area contributed by atoms with Crippen molar-refractivity contribution in [3.8, 4) is 0 Å². The van der Waals surface area contributed by atoms with Crippen molar-refractivity contribution in [1.29, 1.82) is 0 Å². The number of hydrogen-bond donors (Lipinski definition) is 1. The standard InChI is InChI=1S/C15H19N5O/c21-15(10-20-12-16-11-17-20)18-13-6-2-3-7-14(13)19-8-4-1-5-9-19/h2-3,6-7,11-12H,1,4-5,8-10H2,(H,18,21). The number of nitrogens with one attached hydrogen (secondary N) is 1. The third-order valence-corrected chi connectivity index (χ3v) is 3.65. The summed E-state index contributed by atoms with van der Waals surface area (Å²) in [7, 11) is 0. The van der Waals surface area contributed by atoms with Crippen LogP contribution in [0.15, 0.2) is 36.9 Å². The van der Waals surface area contributed by atoms with Gasteiger partial charge in [-0.05, 0) is 31.4 Å². The van der Waals surface area contributed by atoms with Gasteiger partial charge in [0.05, 0.1) is 11.4 Å². The van der Waals surface area contributed by atoms with Crippen LogP contribution in [0.1, 0.15) is 19.3 Å². The first kappa shape index (κ1) is 13.6. The second-order valence-corrected chi connectivity index (χ2v) is 5.21. The molecule has 6 nitrogen and oxygen atoms in total. The third-order valence-electron chi connectivity index (χ3n) is 3.65. The summed E-state index contributed by atoms with van der Waals surface area (Å²) in [6, 6.07) is 7.97. The van der Waals surface area contributed by atoms with Gasteiger partial charge in [0.1, 0.15) is 19.2 Å². The largest absolute Gasteiger partial charge is 0.370 e. The predicted octanol–water partition coefficient (Wildman–Crippen LogP) is 1.91. The summed E-state index contributed by atoms with van der Waals surface area (Å²) < 4.78 is 1.51. The van der Waals surface area contributed by atoms with Gasteiger partial charge in [-0.15, -0.1) is 0 Å². The van der Waals surface area contributed by atoms with E-state index in [0.717, 1.165) is 24.5 Å². The lowest BCUT2D eigenvalue weighted by Crippen LogP contribution is -2.30. The van der Waals surface area contributed by atoms with Crippen LogP contribution in [0.5, 0.6) is 0 Å². The van der Waals surface area contributed by atoms with Crippen molar-refractivity contribution in [2.75, 3.05) is 23.3 Å². The third kappa shape index (κ3) is 3.39. The van der Waals surface area contributed by atoms with E-state index in [1.165, 1.54) is 36.6 Å². The number of piperidine rings is 1. The summed E-state index contributed by atoms with van der Waals surface area (Å²) in [5.74, 6) is -0.0926. The summed E-state index contributed by atoms with van der Waals surface area (Å²) >= 11 is 0. The van der Waals surface area contributed by atoms with Crippen LogP contribution in [0.25, 0.3) is 0 Å². The Bertz CT molecular complexity index is 590. The monoisotopic (exact) mass is 285 g/mol. The molecular formula is C15H19N5O. The Morgan fingerprint density at radius 3 is 2.76 bits per heavy atom. The molecule has 0 aliphatic carbocycles. The molecule has 2 heterocycles. The maximum absolute atomic E-state index is 12.1. The minimum Gasteiger partial charge on any atom is -0.370 e. The van der Waals surface area contributed by atoms with Crippen LogP contribution in [0.3, 0.4) is 0 Å². The number of carbonyl (C=O) groups is 1. The zero-order chi connectivity index (χ0) is 14.5. The van der Waals surface area contributed by atoms with E-state index in [2.05, 4.69) is 26.4 Å². The molecule has 2 aromatic rings. The van der Waals surface area contributed by atoms with Gasteiger partial charge in [0, 0.05) is 13.1 Å². The van der Waals surface area contributed by atoms with Gasteiger partial charge in [0.15, 0.2) is 0 Å². The maximum atomic E-state index is 12.1. The molecule has 6 heteroatoms. The Morgan fingerprint density at radius 1 is 1.19 bits per heavy atom. The molecule has 1 amide bonds. The molecule has 0 spiro atoms. The number of anilines is 2. The number of rotatable bonds is 4. The summed E-state index contributed by atoms with van der Waals surface area (Å²) in [4.78, 5) is 18.3. The average molecular weight is 285 g/mol. The molecule has 0 atom stereocenters. The first-order chi connectivity index (χ1) is 10.3. The maximum Gasteiger partial charge on any atom is 0.246 e.